The summed E-state index contributed by atoms with van der Waals surface area (Å²) in [5, 5.41) is 17.6. The SMILES string of the molecule is N[C@]1(C(=O)O)CC[C@@H]2[C@@H](C(=O)O)[C@H]21. The summed E-state index contributed by atoms with van der Waals surface area (Å²) in [4.78, 5) is 21.4. The molecule has 2 saturated carbocycles. The van der Waals surface area contributed by atoms with Crippen LogP contribution in [0.3, 0.4) is 0 Å². The van der Waals surface area contributed by atoms with Crippen LogP contribution in [0, 0.1) is 17.8 Å². The summed E-state index contributed by atoms with van der Waals surface area (Å²) >= 11 is 0. The molecule has 2 aliphatic carbocycles. The Balaban J connectivity index is 2.20. The lowest BCUT2D eigenvalue weighted by Crippen LogP contribution is -2.49. The topological polar surface area (TPSA) is 101 Å². The molecule has 2 rings (SSSR count). The van der Waals surface area contributed by atoms with Crippen LogP contribution in [0.1, 0.15) is 12.8 Å². The highest BCUT2D eigenvalue weighted by Crippen LogP contribution is 2.61. The Morgan fingerprint density at radius 3 is 2.38 bits per heavy atom. The van der Waals surface area contributed by atoms with Crippen molar-refractivity contribution in [1.29, 1.82) is 0 Å². The van der Waals surface area contributed by atoms with Crippen molar-refractivity contribution in [1.82, 2.24) is 0 Å². The lowest BCUT2D eigenvalue weighted by atomic mass is 9.92. The zero-order valence-corrected chi connectivity index (χ0v) is 6.93. The van der Waals surface area contributed by atoms with Crippen LogP contribution in [-0.4, -0.2) is 27.7 Å². The maximum absolute atomic E-state index is 10.8. The van der Waals surface area contributed by atoms with Crippen LogP contribution in [0.15, 0.2) is 0 Å². The van der Waals surface area contributed by atoms with Crippen molar-refractivity contribution >= 4 is 11.9 Å². The van der Waals surface area contributed by atoms with Crippen LogP contribution >= 0.6 is 0 Å². The number of rotatable bonds is 2. The van der Waals surface area contributed by atoms with Gasteiger partial charge in [0.1, 0.15) is 5.54 Å². The van der Waals surface area contributed by atoms with Crippen LogP contribution in [0.25, 0.3) is 0 Å². The highest BCUT2D eigenvalue weighted by molar-refractivity contribution is 5.85. The van der Waals surface area contributed by atoms with Crippen molar-refractivity contribution in [3.8, 4) is 0 Å². The molecule has 0 spiro atoms. The Bertz CT molecular complexity index is 290. The molecule has 4 atom stereocenters. The molecular formula is C8H11NO4. The number of fused-ring (bicyclic) bond motifs is 1. The highest BCUT2D eigenvalue weighted by Gasteiger charge is 2.69. The molecule has 5 heteroatoms. The molecule has 0 aromatic heterocycles. The third kappa shape index (κ3) is 0.904. The average Bonchev–Trinajstić information content (AvgIpc) is 2.66. The second-order valence-electron chi connectivity index (χ2n) is 3.94. The fourth-order valence-electron chi connectivity index (χ4n) is 2.59. The van der Waals surface area contributed by atoms with E-state index in [1.165, 1.54) is 0 Å². The summed E-state index contributed by atoms with van der Waals surface area (Å²) in [6.07, 6.45) is 1.03. The van der Waals surface area contributed by atoms with E-state index in [2.05, 4.69) is 0 Å². The quantitative estimate of drug-likeness (QED) is 0.539. The summed E-state index contributed by atoms with van der Waals surface area (Å²) in [5.74, 6) is -2.84. The molecule has 0 amide bonds. The van der Waals surface area contributed by atoms with Crippen LogP contribution in [-0.2, 0) is 9.59 Å². The van der Waals surface area contributed by atoms with E-state index in [9.17, 15) is 9.59 Å². The van der Waals surface area contributed by atoms with E-state index in [1.54, 1.807) is 0 Å². The predicted molar refractivity (Wildman–Crippen MR) is 41.9 cm³/mol. The first-order valence-corrected chi connectivity index (χ1v) is 4.23. The van der Waals surface area contributed by atoms with E-state index in [-0.39, 0.29) is 11.8 Å². The van der Waals surface area contributed by atoms with Gasteiger partial charge in [0.05, 0.1) is 5.92 Å². The van der Waals surface area contributed by atoms with Crippen molar-refractivity contribution < 1.29 is 19.8 Å². The Morgan fingerprint density at radius 1 is 1.38 bits per heavy atom. The lowest BCUT2D eigenvalue weighted by molar-refractivity contribution is -0.145. The first-order chi connectivity index (χ1) is 5.98. The predicted octanol–water partition coefficient (Wildman–Crippen LogP) is -0.491. The first kappa shape index (κ1) is 8.50. The van der Waals surface area contributed by atoms with Gasteiger partial charge in [-0.15, -0.1) is 0 Å². The van der Waals surface area contributed by atoms with E-state index in [0.29, 0.717) is 12.8 Å². The number of aliphatic carboxylic acids is 2. The Labute approximate surface area is 74.5 Å². The minimum Gasteiger partial charge on any atom is -0.481 e. The van der Waals surface area contributed by atoms with E-state index >= 15 is 0 Å². The van der Waals surface area contributed by atoms with Crippen molar-refractivity contribution in [2.24, 2.45) is 23.5 Å². The largest absolute Gasteiger partial charge is 0.481 e. The number of carboxylic acids is 2. The summed E-state index contributed by atoms with van der Waals surface area (Å²) < 4.78 is 0. The molecule has 0 bridgehead atoms. The molecular weight excluding hydrogens is 174 g/mol. The molecule has 2 fully saturated rings. The summed E-state index contributed by atoms with van der Waals surface area (Å²) in [6.45, 7) is 0. The molecule has 5 nitrogen and oxygen atoms in total. The molecule has 0 unspecified atom stereocenters. The summed E-state index contributed by atoms with van der Waals surface area (Å²) in [5.41, 5.74) is 4.37. The second kappa shape index (κ2) is 2.23. The van der Waals surface area contributed by atoms with Gasteiger partial charge >= 0.3 is 11.9 Å². The number of hydrogen-bond acceptors (Lipinski definition) is 3. The minimum atomic E-state index is -1.28. The van der Waals surface area contributed by atoms with E-state index < -0.39 is 23.4 Å². The van der Waals surface area contributed by atoms with Gasteiger partial charge in [-0.05, 0) is 18.8 Å². The molecule has 0 radical (unpaired) electrons. The van der Waals surface area contributed by atoms with Crippen molar-refractivity contribution in [2.75, 3.05) is 0 Å². The van der Waals surface area contributed by atoms with Gasteiger partial charge in [-0.2, -0.15) is 0 Å². The second-order valence-corrected chi connectivity index (χ2v) is 3.94. The molecule has 0 aromatic rings. The summed E-state index contributed by atoms with van der Waals surface area (Å²) in [7, 11) is 0. The average molecular weight is 185 g/mol. The first-order valence-electron chi connectivity index (χ1n) is 4.23. The number of carbonyl (C=O) groups is 2. The van der Waals surface area contributed by atoms with Gasteiger partial charge < -0.3 is 15.9 Å². The van der Waals surface area contributed by atoms with Gasteiger partial charge in [0.15, 0.2) is 0 Å². The standard InChI is InChI=1S/C8H11NO4/c9-8(7(12)13)2-1-3-4(5(3)8)6(10)11/h3-5H,1-2,9H2,(H,10,11)(H,12,13)/t3-,4-,5+,8-/m1/s1. The Kier molecular flexibility index (Phi) is 1.46. The third-order valence-electron chi connectivity index (χ3n) is 3.34. The molecule has 0 saturated heterocycles. The smallest absolute Gasteiger partial charge is 0.324 e. The number of nitrogens with two attached hydrogens (primary N) is 1. The lowest BCUT2D eigenvalue weighted by Gasteiger charge is -2.20. The van der Waals surface area contributed by atoms with E-state index in [1.807, 2.05) is 0 Å². The third-order valence-corrected chi connectivity index (χ3v) is 3.34. The maximum Gasteiger partial charge on any atom is 0.324 e. The molecule has 0 aliphatic heterocycles. The van der Waals surface area contributed by atoms with Crippen LogP contribution < -0.4 is 5.73 Å². The zero-order chi connectivity index (χ0) is 9.80. The highest BCUT2D eigenvalue weighted by atomic mass is 16.4. The maximum atomic E-state index is 10.8. The van der Waals surface area contributed by atoms with Gasteiger partial charge in [0, 0.05) is 5.92 Å². The number of hydrogen-bond donors (Lipinski definition) is 3. The van der Waals surface area contributed by atoms with Crippen molar-refractivity contribution in [3.63, 3.8) is 0 Å². The van der Waals surface area contributed by atoms with Crippen molar-refractivity contribution in [2.45, 2.75) is 18.4 Å². The fourth-order valence-corrected chi connectivity index (χ4v) is 2.59. The van der Waals surface area contributed by atoms with E-state index in [0.717, 1.165) is 0 Å². The zero-order valence-electron chi connectivity index (χ0n) is 6.93. The molecule has 72 valence electrons. The monoisotopic (exact) mass is 185 g/mol. The van der Waals surface area contributed by atoms with Gasteiger partial charge in [0.2, 0.25) is 0 Å². The molecule has 0 aromatic carbocycles. The van der Waals surface area contributed by atoms with Gasteiger partial charge in [-0.25, -0.2) is 0 Å². The van der Waals surface area contributed by atoms with Crippen molar-refractivity contribution in [3.05, 3.63) is 0 Å². The van der Waals surface area contributed by atoms with Crippen LogP contribution in [0.2, 0.25) is 0 Å². The van der Waals surface area contributed by atoms with E-state index in [4.69, 9.17) is 15.9 Å². The molecule has 13 heavy (non-hydrogen) atoms. The van der Waals surface area contributed by atoms with Gasteiger partial charge in [0.25, 0.3) is 0 Å². The minimum absolute atomic E-state index is 0.00130. The Morgan fingerprint density at radius 2 is 2.00 bits per heavy atom. The molecule has 4 N–H and O–H groups in total. The van der Waals surface area contributed by atoms with Gasteiger partial charge in [-0.3, -0.25) is 9.59 Å². The molecule has 0 heterocycles. The normalized spacial score (nSPS) is 47.0. The Hall–Kier alpha value is -1.10. The van der Waals surface area contributed by atoms with Crippen LogP contribution in [0.4, 0.5) is 0 Å². The fraction of sp³-hybridized carbons (Fsp3) is 0.750. The van der Waals surface area contributed by atoms with Crippen LogP contribution in [0.5, 0.6) is 0 Å². The summed E-state index contributed by atoms with van der Waals surface area (Å²) in [6, 6.07) is 0. The van der Waals surface area contributed by atoms with Gasteiger partial charge in [-0.1, -0.05) is 0 Å². The molecule has 2 aliphatic rings. The number of carboxylic acid groups (broad SMARTS) is 2.